The number of nitrogens with zero attached hydrogens (tertiary/aromatic N) is 2. The second kappa shape index (κ2) is 10.2. The number of aromatic nitrogens is 2. The lowest BCUT2D eigenvalue weighted by Gasteiger charge is -2.31. The van der Waals surface area contributed by atoms with Crippen LogP contribution >= 0.6 is 11.6 Å². The van der Waals surface area contributed by atoms with E-state index in [2.05, 4.69) is 9.97 Å². The highest BCUT2D eigenvalue weighted by atomic mass is 35.5. The van der Waals surface area contributed by atoms with Crippen LogP contribution in [0.3, 0.4) is 0 Å². The van der Waals surface area contributed by atoms with Crippen LogP contribution in [-0.4, -0.2) is 46.4 Å². The lowest BCUT2D eigenvalue weighted by molar-refractivity contribution is -0.151. The molecule has 0 spiro atoms. The monoisotopic (exact) mass is 453 g/mol. The van der Waals surface area contributed by atoms with Gasteiger partial charge in [-0.05, 0) is 68.5 Å². The number of aryl methyl sites for hydroxylation is 1. The van der Waals surface area contributed by atoms with Crippen molar-refractivity contribution in [3.63, 3.8) is 0 Å². The Bertz CT molecular complexity index is 1090. The number of benzene rings is 1. The molecule has 3 aromatic rings. The number of nitrogens with one attached hydrogen (secondary N) is 1. The van der Waals surface area contributed by atoms with Gasteiger partial charge in [-0.25, -0.2) is 0 Å². The summed E-state index contributed by atoms with van der Waals surface area (Å²) < 4.78 is 5.11. The number of ether oxygens (including phenoxy) is 1. The molecule has 7 heteroatoms. The molecule has 0 radical (unpaired) electrons. The summed E-state index contributed by atoms with van der Waals surface area (Å²) in [6, 6.07) is 11.7. The van der Waals surface area contributed by atoms with Gasteiger partial charge in [-0.3, -0.25) is 14.6 Å². The second-order valence-electron chi connectivity index (χ2n) is 8.14. The Morgan fingerprint density at radius 2 is 2.03 bits per heavy atom. The number of aromatic amines is 1. The van der Waals surface area contributed by atoms with Crippen molar-refractivity contribution in [1.82, 2.24) is 14.9 Å². The minimum atomic E-state index is -0.139. The lowest BCUT2D eigenvalue weighted by Crippen LogP contribution is -2.40. The number of hydrogen-bond acceptors (Lipinski definition) is 4. The van der Waals surface area contributed by atoms with Crippen LogP contribution in [0.2, 0.25) is 5.02 Å². The molecular weight excluding hydrogens is 426 g/mol. The van der Waals surface area contributed by atoms with E-state index in [4.69, 9.17) is 16.3 Å². The van der Waals surface area contributed by atoms with Crippen molar-refractivity contribution in [2.45, 2.75) is 39.0 Å². The molecule has 0 aliphatic carbocycles. The fraction of sp³-hybridized carbons (Fsp3) is 0.400. The van der Waals surface area contributed by atoms with Gasteiger partial charge in [0.05, 0.1) is 23.9 Å². The number of H-pyrrole nitrogens is 1. The number of pyridine rings is 1. The first-order valence-electron chi connectivity index (χ1n) is 11.2. The Hall–Kier alpha value is -2.86. The van der Waals surface area contributed by atoms with E-state index in [-0.39, 0.29) is 17.8 Å². The summed E-state index contributed by atoms with van der Waals surface area (Å²) in [5.41, 5.74) is 4.00. The molecule has 1 saturated heterocycles. The first-order valence-corrected chi connectivity index (χ1v) is 11.6. The molecule has 1 aliphatic heterocycles. The van der Waals surface area contributed by atoms with E-state index < -0.39 is 0 Å². The van der Waals surface area contributed by atoms with Crippen molar-refractivity contribution in [3.05, 3.63) is 53.2 Å². The number of fused-ring (bicyclic) bond motifs is 1. The normalized spacial score (nSPS) is 14.6. The van der Waals surface area contributed by atoms with Gasteiger partial charge in [0.1, 0.15) is 0 Å². The van der Waals surface area contributed by atoms with Crippen molar-refractivity contribution in [3.8, 4) is 11.4 Å². The third-order valence-corrected chi connectivity index (χ3v) is 6.31. The summed E-state index contributed by atoms with van der Waals surface area (Å²) in [5.74, 6) is -0.0832. The zero-order chi connectivity index (χ0) is 22.5. The molecule has 1 aromatic carbocycles. The number of rotatable bonds is 7. The Kier molecular flexibility index (Phi) is 7.10. The van der Waals surface area contributed by atoms with Gasteiger partial charge in [0.15, 0.2) is 0 Å². The third-order valence-electron chi connectivity index (χ3n) is 6.07. The zero-order valence-corrected chi connectivity index (χ0v) is 19.0. The van der Waals surface area contributed by atoms with E-state index in [1.165, 1.54) is 0 Å². The zero-order valence-electron chi connectivity index (χ0n) is 18.3. The number of halogens is 1. The van der Waals surface area contributed by atoms with E-state index in [1.54, 1.807) is 6.20 Å². The summed E-state index contributed by atoms with van der Waals surface area (Å²) in [4.78, 5) is 34.5. The van der Waals surface area contributed by atoms with E-state index in [0.29, 0.717) is 44.0 Å². The van der Waals surface area contributed by atoms with Crippen LogP contribution in [-0.2, 0) is 20.7 Å². The largest absolute Gasteiger partial charge is 0.466 e. The molecule has 0 unspecified atom stereocenters. The van der Waals surface area contributed by atoms with Gasteiger partial charge < -0.3 is 14.6 Å². The van der Waals surface area contributed by atoms with Gasteiger partial charge in [-0.15, -0.1) is 0 Å². The number of carbonyl (C=O) groups is 2. The molecule has 1 fully saturated rings. The smallest absolute Gasteiger partial charge is 0.309 e. The quantitative estimate of drug-likeness (QED) is 0.510. The van der Waals surface area contributed by atoms with Gasteiger partial charge in [0, 0.05) is 41.6 Å². The number of esters is 1. The summed E-state index contributed by atoms with van der Waals surface area (Å²) in [6.07, 6.45) is 5.08. The van der Waals surface area contributed by atoms with Crippen LogP contribution in [0.4, 0.5) is 0 Å². The van der Waals surface area contributed by atoms with Crippen LogP contribution in [0.1, 0.15) is 38.2 Å². The Morgan fingerprint density at radius 1 is 1.22 bits per heavy atom. The molecule has 3 heterocycles. The highest BCUT2D eigenvalue weighted by Gasteiger charge is 2.28. The van der Waals surface area contributed by atoms with E-state index >= 15 is 0 Å². The molecule has 0 atom stereocenters. The van der Waals surface area contributed by atoms with Crippen LogP contribution in [0.5, 0.6) is 0 Å². The number of likely N-dealkylation sites (tertiary alicyclic amines) is 1. The highest BCUT2D eigenvalue weighted by Crippen LogP contribution is 2.32. The van der Waals surface area contributed by atoms with Crippen LogP contribution in [0.15, 0.2) is 42.6 Å². The second-order valence-corrected chi connectivity index (χ2v) is 8.58. The topological polar surface area (TPSA) is 75.3 Å². The predicted octanol–water partition coefficient (Wildman–Crippen LogP) is 5.01. The molecule has 1 amide bonds. The fourth-order valence-electron chi connectivity index (χ4n) is 4.41. The summed E-state index contributed by atoms with van der Waals surface area (Å²) in [5, 5.41) is 1.76. The maximum atomic E-state index is 12.8. The Balaban J connectivity index is 1.41. The molecule has 168 valence electrons. The van der Waals surface area contributed by atoms with E-state index in [0.717, 1.165) is 40.7 Å². The van der Waals surface area contributed by atoms with Crippen molar-refractivity contribution >= 4 is 34.4 Å². The number of piperidine rings is 1. The molecule has 0 bridgehead atoms. The molecule has 32 heavy (non-hydrogen) atoms. The van der Waals surface area contributed by atoms with Crippen LogP contribution in [0, 0.1) is 5.92 Å². The Morgan fingerprint density at radius 3 is 2.75 bits per heavy atom. The fourth-order valence-corrected chi connectivity index (χ4v) is 4.58. The SMILES string of the molecule is CCOC(=O)C1CCN(C(=O)CCCc2c(-c3ccccn3)[nH]c3ccc(Cl)cc23)CC1. The standard InChI is InChI=1S/C25H28ClN3O3/c1-2-32-25(31)17-11-14-29(15-12-17)23(30)8-5-6-19-20-16-18(26)9-10-21(20)28-24(19)22-7-3-4-13-27-22/h3-4,7,9-10,13,16-17,28H,2,5-6,8,11-12,14-15H2,1H3. The summed E-state index contributed by atoms with van der Waals surface area (Å²) >= 11 is 6.26. The first-order chi connectivity index (χ1) is 15.6. The number of hydrogen-bond donors (Lipinski definition) is 1. The predicted molar refractivity (Wildman–Crippen MR) is 125 cm³/mol. The maximum absolute atomic E-state index is 12.8. The molecular formula is C25H28ClN3O3. The molecule has 1 aliphatic rings. The van der Waals surface area contributed by atoms with E-state index in [9.17, 15) is 9.59 Å². The van der Waals surface area contributed by atoms with Crippen LogP contribution < -0.4 is 0 Å². The van der Waals surface area contributed by atoms with Crippen molar-refractivity contribution in [2.75, 3.05) is 19.7 Å². The Labute approximate surface area is 192 Å². The van der Waals surface area contributed by atoms with Gasteiger partial charge in [-0.2, -0.15) is 0 Å². The maximum Gasteiger partial charge on any atom is 0.309 e. The van der Waals surface area contributed by atoms with Crippen molar-refractivity contribution < 1.29 is 14.3 Å². The van der Waals surface area contributed by atoms with Gasteiger partial charge >= 0.3 is 5.97 Å². The molecule has 2 aromatic heterocycles. The van der Waals surface area contributed by atoms with Crippen molar-refractivity contribution in [2.24, 2.45) is 5.92 Å². The first kappa shape index (κ1) is 22.3. The number of carbonyl (C=O) groups excluding carboxylic acids is 2. The molecule has 1 N–H and O–H groups in total. The average molecular weight is 454 g/mol. The number of amides is 1. The molecule has 0 saturated carbocycles. The lowest BCUT2D eigenvalue weighted by atomic mass is 9.96. The molecule has 4 rings (SSSR count). The van der Waals surface area contributed by atoms with Crippen molar-refractivity contribution in [1.29, 1.82) is 0 Å². The van der Waals surface area contributed by atoms with Gasteiger partial charge in [-0.1, -0.05) is 17.7 Å². The van der Waals surface area contributed by atoms with Crippen LogP contribution in [0.25, 0.3) is 22.3 Å². The third kappa shape index (κ3) is 4.96. The molecule has 6 nitrogen and oxygen atoms in total. The minimum absolute atomic E-state index is 0.0871. The summed E-state index contributed by atoms with van der Waals surface area (Å²) in [6.45, 7) is 3.45. The van der Waals surface area contributed by atoms with Gasteiger partial charge in [0.2, 0.25) is 5.91 Å². The summed E-state index contributed by atoms with van der Waals surface area (Å²) in [7, 11) is 0. The minimum Gasteiger partial charge on any atom is -0.466 e. The highest BCUT2D eigenvalue weighted by molar-refractivity contribution is 6.31. The van der Waals surface area contributed by atoms with E-state index in [1.807, 2.05) is 48.2 Å². The van der Waals surface area contributed by atoms with Gasteiger partial charge in [0.25, 0.3) is 0 Å². The average Bonchev–Trinajstić information content (AvgIpc) is 3.17.